The molecule has 2 heterocycles. The largest absolute Gasteiger partial charge is 0.370 e. The van der Waals surface area contributed by atoms with Crippen LogP contribution in [0.15, 0.2) is 46.9 Å². The fourth-order valence-corrected chi connectivity index (χ4v) is 3.80. The fraction of sp³-hybridized carbons (Fsp3) is 0.474. The van der Waals surface area contributed by atoms with E-state index >= 15 is 0 Å². The van der Waals surface area contributed by atoms with Crippen LogP contribution in [0.1, 0.15) is 12.0 Å². The summed E-state index contributed by atoms with van der Waals surface area (Å²) in [4.78, 5) is 15.8. The van der Waals surface area contributed by atoms with Crippen LogP contribution in [0.25, 0.3) is 0 Å². The lowest BCUT2D eigenvalue weighted by atomic mass is 10.2. The van der Waals surface area contributed by atoms with E-state index in [1.807, 2.05) is 11.6 Å². The van der Waals surface area contributed by atoms with Crippen LogP contribution in [0.3, 0.4) is 0 Å². The fourth-order valence-electron chi connectivity index (χ4n) is 3.11. The molecule has 8 heteroatoms. The summed E-state index contributed by atoms with van der Waals surface area (Å²) in [5.41, 5.74) is 7.53. The highest BCUT2D eigenvalue weighted by Gasteiger charge is 2.19. The third-order valence-corrected chi connectivity index (χ3v) is 5.39. The van der Waals surface area contributed by atoms with Crippen LogP contribution in [-0.2, 0) is 6.54 Å². The standard InChI is InChI=1S/C19H28N6S.HI/c1-23(16-17-6-3-2-4-7-17)10-5-8-21-18(20)24-11-13-25(14-12-24)19-22-9-15-26-19;/h2-4,6-7,9,15H,5,8,10-14,16H2,1H3,(H2,20,21);1H. The first-order valence-electron chi connectivity index (χ1n) is 9.14. The predicted octanol–water partition coefficient (Wildman–Crippen LogP) is 2.72. The molecule has 0 unspecified atom stereocenters. The lowest BCUT2D eigenvalue weighted by molar-refractivity contribution is 0.323. The molecule has 1 aliphatic rings. The Labute approximate surface area is 183 Å². The van der Waals surface area contributed by atoms with Crippen molar-refractivity contribution < 1.29 is 0 Å². The van der Waals surface area contributed by atoms with E-state index in [1.165, 1.54) is 5.56 Å². The average molecular weight is 500 g/mol. The summed E-state index contributed by atoms with van der Waals surface area (Å²) >= 11 is 1.69. The number of piperazine rings is 1. The highest BCUT2D eigenvalue weighted by molar-refractivity contribution is 14.0. The van der Waals surface area contributed by atoms with Crippen LogP contribution < -0.4 is 10.6 Å². The SMILES string of the molecule is CN(CCCN=C(N)N1CCN(c2nccs2)CC1)Cc1ccccc1.I. The van der Waals surface area contributed by atoms with Gasteiger partial charge in [0.15, 0.2) is 11.1 Å². The molecule has 0 bridgehead atoms. The summed E-state index contributed by atoms with van der Waals surface area (Å²) in [6.07, 6.45) is 2.88. The number of hydrogen-bond donors (Lipinski definition) is 1. The highest BCUT2D eigenvalue weighted by Crippen LogP contribution is 2.18. The van der Waals surface area contributed by atoms with Gasteiger partial charge in [0.25, 0.3) is 0 Å². The molecule has 0 radical (unpaired) electrons. The minimum atomic E-state index is 0. The van der Waals surface area contributed by atoms with E-state index in [0.717, 1.165) is 57.4 Å². The summed E-state index contributed by atoms with van der Waals surface area (Å²) in [5.74, 6) is 0.675. The van der Waals surface area contributed by atoms with Gasteiger partial charge >= 0.3 is 0 Å². The van der Waals surface area contributed by atoms with Crippen LogP contribution >= 0.6 is 35.3 Å². The van der Waals surface area contributed by atoms with Gasteiger partial charge in [-0.1, -0.05) is 30.3 Å². The molecule has 1 saturated heterocycles. The third-order valence-electron chi connectivity index (χ3n) is 4.56. The van der Waals surface area contributed by atoms with Gasteiger partial charge in [0, 0.05) is 50.8 Å². The predicted molar refractivity (Wildman–Crippen MR) is 125 cm³/mol. The molecule has 0 saturated carbocycles. The quantitative estimate of drug-likeness (QED) is 0.274. The van der Waals surface area contributed by atoms with Gasteiger partial charge in [-0.15, -0.1) is 35.3 Å². The van der Waals surface area contributed by atoms with Gasteiger partial charge in [0.2, 0.25) is 0 Å². The first kappa shape index (κ1) is 21.9. The van der Waals surface area contributed by atoms with E-state index in [9.17, 15) is 0 Å². The molecule has 0 amide bonds. The summed E-state index contributed by atoms with van der Waals surface area (Å²) in [6, 6.07) is 10.6. The van der Waals surface area contributed by atoms with E-state index < -0.39 is 0 Å². The molecule has 1 aliphatic heterocycles. The van der Waals surface area contributed by atoms with Crippen molar-refractivity contribution in [3.05, 3.63) is 47.5 Å². The van der Waals surface area contributed by atoms with Crippen LogP contribution in [-0.4, -0.2) is 67.1 Å². The number of rotatable bonds is 7. The molecule has 3 rings (SSSR count). The zero-order valence-electron chi connectivity index (χ0n) is 15.8. The van der Waals surface area contributed by atoms with Gasteiger partial charge in [-0.05, 0) is 25.6 Å². The van der Waals surface area contributed by atoms with Gasteiger partial charge in [-0.25, -0.2) is 4.98 Å². The second-order valence-corrected chi connectivity index (χ2v) is 7.48. The number of benzene rings is 1. The van der Waals surface area contributed by atoms with Crippen LogP contribution in [0.4, 0.5) is 5.13 Å². The smallest absolute Gasteiger partial charge is 0.191 e. The summed E-state index contributed by atoms with van der Waals surface area (Å²) in [5, 5.41) is 3.12. The van der Waals surface area contributed by atoms with E-state index in [1.54, 1.807) is 11.3 Å². The molecule has 1 aromatic heterocycles. The van der Waals surface area contributed by atoms with E-state index in [0.29, 0.717) is 5.96 Å². The van der Waals surface area contributed by atoms with Gasteiger partial charge in [0.05, 0.1) is 0 Å². The van der Waals surface area contributed by atoms with Crippen LogP contribution in [0.2, 0.25) is 0 Å². The summed E-state index contributed by atoms with van der Waals surface area (Å²) in [7, 11) is 2.15. The number of anilines is 1. The summed E-state index contributed by atoms with van der Waals surface area (Å²) < 4.78 is 0. The van der Waals surface area contributed by atoms with E-state index in [-0.39, 0.29) is 24.0 Å². The molecular formula is C19H29IN6S. The molecule has 1 aromatic carbocycles. The maximum atomic E-state index is 6.18. The maximum Gasteiger partial charge on any atom is 0.191 e. The second kappa shape index (κ2) is 11.5. The van der Waals surface area contributed by atoms with Crippen molar-refractivity contribution in [3.8, 4) is 0 Å². The van der Waals surface area contributed by atoms with Crippen LogP contribution in [0, 0.1) is 0 Å². The second-order valence-electron chi connectivity index (χ2n) is 6.61. The molecule has 0 atom stereocenters. The molecule has 6 nitrogen and oxygen atoms in total. The van der Waals surface area contributed by atoms with E-state index in [4.69, 9.17) is 5.73 Å². The average Bonchev–Trinajstić information content (AvgIpc) is 3.21. The van der Waals surface area contributed by atoms with Crippen molar-refractivity contribution in [1.82, 2.24) is 14.8 Å². The lowest BCUT2D eigenvalue weighted by Crippen LogP contribution is -2.51. The minimum Gasteiger partial charge on any atom is -0.370 e. The number of halogens is 1. The van der Waals surface area contributed by atoms with Crippen molar-refractivity contribution >= 4 is 46.4 Å². The topological polar surface area (TPSA) is 61.0 Å². The maximum absolute atomic E-state index is 6.18. The Morgan fingerprint density at radius 3 is 2.63 bits per heavy atom. The molecular weight excluding hydrogens is 471 g/mol. The lowest BCUT2D eigenvalue weighted by Gasteiger charge is -2.35. The number of guanidine groups is 1. The Morgan fingerprint density at radius 2 is 1.96 bits per heavy atom. The molecule has 148 valence electrons. The van der Waals surface area contributed by atoms with Crippen molar-refractivity contribution in [2.45, 2.75) is 13.0 Å². The summed E-state index contributed by atoms with van der Waals surface area (Å²) in [6.45, 7) is 6.47. The molecule has 0 aliphatic carbocycles. The normalized spacial score (nSPS) is 15.1. The molecule has 2 aromatic rings. The number of nitrogens with zero attached hydrogens (tertiary/aromatic N) is 5. The zero-order valence-corrected chi connectivity index (χ0v) is 19.0. The highest BCUT2D eigenvalue weighted by atomic mass is 127. The Kier molecular flexibility index (Phi) is 9.29. The Bertz CT molecular complexity index is 671. The van der Waals surface area contributed by atoms with Crippen molar-refractivity contribution in [3.63, 3.8) is 0 Å². The molecule has 1 fully saturated rings. The molecule has 0 spiro atoms. The van der Waals surface area contributed by atoms with Crippen molar-refractivity contribution in [2.24, 2.45) is 10.7 Å². The van der Waals surface area contributed by atoms with Crippen molar-refractivity contribution in [1.29, 1.82) is 0 Å². The number of aliphatic imine (C=N–C) groups is 1. The van der Waals surface area contributed by atoms with Crippen molar-refractivity contribution in [2.75, 3.05) is 51.2 Å². The Morgan fingerprint density at radius 1 is 1.22 bits per heavy atom. The van der Waals surface area contributed by atoms with Gasteiger partial charge in [-0.3, -0.25) is 4.99 Å². The third kappa shape index (κ3) is 6.93. The van der Waals surface area contributed by atoms with Gasteiger partial charge in [0.1, 0.15) is 0 Å². The zero-order chi connectivity index (χ0) is 18.2. The number of hydrogen-bond acceptors (Lipinski definition) is 5. The van der Waals surface area contributed by atoms with E-state index in [2.05, 4.69) is 62.1 Å². The Hall–Kier alpha value is -1.39. The van der Waals surface area contributed by atoms with Gasteiger partial charge < -0.3 is 20.4 Å². The minimum absolute atomic E-state index is 0. The first-order chi connectivity index (χ1) is 12.7. The molecule has 2 N–H and O–H groups in total. The molecule has 27 heavy (non-hydrogen) atoms. The number of nitrogens with two attached hydrogens (primary N) is 1. The van der Waals surface area contributed by atoms with Crippen LogP contribution in [0.5, 0.6) is 0 Å². The monoisotopic (exact) mass is 500 g/mol. The first-order valence-corrected chi connectivity index (χ1v) is 10.0. The van der Waals surface area contributed by atoms with Gasteiger partial charge in [-0.2, -0.15) is 0 Å². The number of thiazole rings is 1. The number of aromatic nitrogens is 1. The Balaban J connectivity index is 0.00000261.